The number of rotatable bonds is 5. The van der Waals surface area contributed by atoms with Gasteiger partial charge in [-0.05, 0) is 18.6 Å². The van der Waals surface area contributed by atoms with Crippen LogP contribution in [0.1, 0.15) is 11.3 Å². The molecule has 1 aromatic carbocycles. The van der Waals surface area contributed by atoms with Crippen LogP contribution in [0.3, 0.4) is 0 Å². The smallest absolute Gasteiger partial charge is 0.253 e. The van der Waals surface area contributed by atoms with Crippen LogP contribution in [0.5, 0.6) is 0 Å². The second kappa shape index (κ2) is 7.04. The zero-order chi connectivity index (χ0) is 15.2. The highest BCUT2D eigenvalue weighted by molar-refractivity contribution is 6.31. The van der Waals surface area contributed by atoms with Crippen LogP contribution in [0.25, 0.3) is 0 Å². The summed E-state index contributed by atoms with van der Waals surface area (Å²) in [4.78, 5) is 27.5. The molecule has 2 rings (SSSR count). The van der Waals surface area contributed by atoms with Gasteiger partial charge in [0.25, 0.3) is 5.56 Å². The summed E-state index contributed by atoms with van der Waals surface area (Å²) in [7, 11) is 0. The minimum atomic E-state index is -0.129. The summed E-state index contributed by atoms with van der Waals surface area (Å²) in [5, 5.41) is 3.34. The van der Waals surface area contributed by atoms with Gasteiger partial charge in [-0.3, -0.25) is 14.2 Å². The maximum atomic E-state index is 11.8. The largest absolute Gasteiger partial charge is 0.354 e. The third-order valence-electron chi connectivity index (χ3n) is 3.00. The SMILES string of the molecule is Cc1cc(=O)n(CCNC(=O)Cc2ccccc2Cl)cn1. The van der Waals surface area contributed by atoms with E-state index in [0.29, 0.717) is 23.8 Å². The van der Waals surface area contributed by atoms with E-state index < -0.39 is 0 Å². The van der Waals surface area contributed by atoms with Crippen molar-refractivity contribution < 1.29 is 4.79 Å². The van der Waals surface area contributed by atoms with Gasteiger partial charge in [0.1, 0.15) is 0 Å². The predicted octanol–water partition coefficient (Wildman–Crippen LogP) is 1.56. The molecular weight excluding hydrogens is 290 g/mol. The van der Waals surface area contributed by atoms with E-state index in [1.165, 1.54) is 17.0 Å². The van der Waals surface area contributed by atoms with Crippen LogP contribution in [0.15, 0.2) is 41.5 Å². The fraction of sp³-hybridized carbons (Fsp3) is 0.267. The summed E-state index contributed by atoms with van der Waals surface area (Å²) < 4.78 is 1.46. The second-order valence-electron chi connectivity index (χ2n) is 4.68. The van der Waals surface area contributed by atoms with Crippen LogP contribution in [-0.4, -0.2) is 22.0 Å². The van der Waals surface area contributed by atoms with Gasteiger partial charge in [0, 0.05) is 29.9 Å². The van der Waals surface area contributed by atoms with Gasteiger partial charge < -0.3 is 5.32 Å². The molecule has 1 heterocycles. The lowest BCUT2D eigenvalue weighted by Crippen LogP contribution is -2.31. The summed E-state index contributed by atoms with van der Waals surface area (Å²) in [5.41, 5.74) is 1.34. The van der Waals surface area contributed by atoms with Crippen molar-refractivity contribution in [1.29, 1.82) is 0 Å². The van der Waals surface area contributed by atoms with E-state index in [-0.39, 0.29) is 17.9 Å². The van der Waals surface area contributed by atoms with Crippen LogP contribution in [-0.2, 0) is 17.8 Å². The molecule has 0 atom stereocenters. The highest BCUT2D eigenvalue weighted by atomic mass is 35.5. The lowest BCUT2D eigenvalue weighted by Gasteiger charge is -2.08. The third kappa shape index (κ3) is 4.43. The molecule has 0 aliphatic carbocycles. The molecule has 0 saturated carbocycles. The number of carbonyl (C=O) groups is 1. The molecule has 0 unspecified atom stereocenters. The van der Waals surface area contributed by atoms with Crippen molar-refractivity contribution in [3.8, 4) is 0 Å². The summed E-state index contributed by atoms with van der Waals surface area (Å²) in [6.45, 7) is 2.52. The topological polar surface area (TPSA) is 64.0 Å². The molecule has 0 aliphatic heterocycles. The van der Waals surface area contributed by atoms with Gasteiger partial charge in [0.15, 0.2) is 0 Å². The molecular formula is C15H16ClN3O2. The van der Waals surface area contributed by atoms with Crippen molar-refractivity contribution in [2.75, 3.05) is 6.54 Å². The van der Waals surface area contributed by atoms with Gasteiger partial charge >= 0.3 is 0 Å². The van der Waals surface area contributed by atoms with Gasteiger partial charge in [0.2, 0.25) is 5.91 Å². The van der Waals surface area contributed by atoms with Crippen LogP contribution >= 0.6 is 11.6 Å². The zero-order valence-electron chi connectivity index (χ0n) is 11.7. The van der Waals surface area contributed by atoms with E-state index in [1.807, 2.05) is 18.2 Å². The molecule has 0 spiro atoms. The first-order valence-electron chi connectivity index (χ1n) is 6.59. The Hall–Kier alpha value is -2.14. The molecule has 0 aliphatic rings. The van der Waals surface area contributed by atoms with Crippen molar-refractivity contribution in [1.82, 2.24) is 14.9 Å². The fourth-order valence-electron chi connectivity index (χ4n) is 1.88. The van der Waals surface area contributed by atoms with Crippen molar-refractivity contribution in [2.45, 2.75) is 19.9 Å². The van der Waals surface area contributed by atoms with Crippen molar-refractivity contribution in [3.05, 3.63) is 63.3 Å². The van der Waals surface area contributed by atoms with E-state index >= 15 is 0 Å². The van der Waals surface area contributed by atoms with Crippen molar-refractivity contribution in [2.24, 2.45) is 0 Å². The monoisotopic (exact) mass is 305 g/mol. The Morgan fingerprint density at radius 2 is 2.14 bits per heavy atom. The number of nitrogens with zero attached hydrogens (tertiary/aromatic N) is 2. The molecule has 5 nitrogen and oxygen atoms in total. The van der Waals surface area contributed by atoms with Gasteiger partial charge in [-0.1, -0.05) is 29.8 Å². The van der Waals surface area contributed by atoms with E-state index in [9.17, 15) is 9.59 Å². The first-order chi connectivity index (χ1) is 10.1. The standard InChI is InChI=1S/C15H16ClN3O2/c1-11-8-15(21)19(10-18-11)7-6-17-14(20)9-12-4-2-3-5-13(12)16/h2-5,8,10H,6-7,9H2,1H3,(H,17,20). The number of aromatic nitrogens is 2. The highest BCUT2D eigenvalue weighted by Crippen LogP contribution is 2.15. The molecule has 21 heavy (non-hydrogen) atoms. The number of aryl methyl sites for hydroxylation is 1. The van der Waals surface area contributed by atoms with Crippen LogP contribution in [0.4, 0.5) is 0 Å². The number of benzene rings is 1. The summed E-state index contributed by atoms with van der Waals surface area (Å²) in [5.74, 6) is -0.129. The first-order valence-corrected chi connectivity index (χ1v) is 6.97. The Labute approximate surface area is 127 Å². The number of hydrogen-bond acceptors (Lipinski definition) is 3. The lowest BCUT2D eigenvalue weighted by atomic mass is 10.1. The van der Waals surface area contributed by atoms with Gasteiger partial charge in [-0.15, -0.1) is 0 Å². The maximum absolute atomic E-state index is 11.8. The number of halogens is 1. The lowest BCUT2D eigenvalue weighted by molar-refractivity contribution is -0.120. The molecule has 0 saturated heterocycles. The van der Waals surface area contributed by atoms with Crippen molar-refractivity contribution in [3.63, 3.8) is 0 Å². The molecule has 1 amide bonds. The molecule has 1 aromatic heterocycles. The third-order valence-corrected chi connectivity index (χ3v) is 3.37. The van der Waals surface area contributed by atoms with Gasteiger partial charge in [0.05, 0.1) is 12.7 Å². The Morgan fingerprint density at radius 1 is 1.38 bits per heavy atom. The molecule has 0 radical (unpaired) electrons. The average Bonchev–Trinajstić information content (AvgIpc) is 2.44. The summed E-state index contributed by atoms with van der Waals surface area (Å²) in [6, 6.07) is 8.69. The molecule has 1 N–H and O–H groups in total. The van der Waals surface area contributed by atoms with E-state index in [2.05, 4.69) is 10.3 Å². The van der Waals surface area contributed by atoms with Gasteiger partial charge in [-0.2, -0.15) is 0 Å². The molecule has 0 bridgehead atoms. The van der Waals surface area contributed by atoms with E-state index in [4.69, 9.17) is 11.6 Å². The van der Waals surface area contributed by atoms with Crippen LogP contribution in [0.2, 0.25) is 5.02 Å². The number of nitrogens with one attached hydrogen (secondary N) is 1. The van der Waals surface area contributed by atoms with Crippen molar-refractivity contribution >= 4 is 17.5 Å². The minimum absolute atomic E-state index is 0.122. The summed E-state index contributed by atoms with van der Waals surface area (Å²) >= 11 is 6.00. The van der Waals surface area contributed by atoms with E-state index in [1.54, 1.807) is 13.0 Å². The molecule has 2 aromatic rings. The number of amides is 1. The quantitative estimate of drug-likeness (QED) is 0.912. The number of carbonyl (C=O) groups excluding carboxylic acids is 1. The molecule has 6 heteroatoms. The Morgan fingerprint density at radius 3 is 2.86 bits per heavy atom. The zero-order valence-corrected chi connectivity index (χ0v) is 12.4. The Kier molecular flexibility index (Phi) is 5.11. The Bertz CT molecular complexity index is 697. The summed E-state index contributed by atoms with van der Waals surface area (Å²) in [6.07, 6.45) is 1.71. The normalized spacial score (nSPS) is 10.4. The Balaban J connectivity index is 1.85. The molecule has 0 fully saturated rings. The minimum Gasteiger partial charge on any atom is -0.354 e. The van der Waals surface area contributed by atoms with Gasteiger partial charge in [-0.25, -0.2) is 4.98 Å². The predicted molar refractivity (Wildman–Crippen MR) is 81.4 cm³/mol. The van der Waals surface area contributed by atoms with Crippen LogP contribution in [0, 0.1) is 6.92 Å². The highest BCUT2D eigenvalue weighted by Gasteiger charge is 2.06. The molecule has 110 valence electrons. The fourth-order valence-corrected chi connectivity index (χ4v) is 2.08. The maximum Gasteiger partial charge on any atom is 0.253 e. The van der Waals surface area contributed by atoms with E-state index in [0.717, 1.165) is 5.56 Å². The average molecular weight is 306 g/mol. The first kappa shape index (κ1) is 15.3. The number of hydrogen-bond donors (Lipinski definition) is 1. The van der Waals surface area contributed by atoms with Crippen LogP contribution < -0.4 is 10.9 Å². The second-order valence-corrected chi connectivity index (χ2v) is 5.09.